The molecule has 0 spiro atoms. The Hall–Kier alpha value is -1.30. The molecule has 3 nitrogen and oxygen atoms in total. The first-order valence-electron chi connectivity index (χ1n) is 5.43. The van der Waals surface area contributed by atoms with E-state index in [0.717, 1.165) is 12.3 Å². The van der Waals surface area contributed by atoms with E-state index in [4.69, 9.17) is 0 Å². The van der Waals surface area contributed by atoms with Crippen LogP contribution in [-0.4, -0.2) is 29.3 Å². The quantitative estimate of drug-likeness (QED) is 0.824. The molecule has 2 rings (SSSR count). The number of hydrogen-bond donors (Lipinski definition) is 1. The molecule has 1 aromatic rings. The zero-order valence-corrected chi connectivity index (χ0v) is 9.11. The molecule has 17 heavy (non-hydrogen) atoms. The van der Waals surface area contributed by atoms with Crippen molar-refractivity contribution in [1.29, 1.82) is 0 Å². The molecule has 0 aromatic carbocycles. The van der Waals surface area contributed by atoms with Gasteiger partial charge in [-0.05, 0) is 25.0 Å². The predicted molar refractivity (Wildman–Crippen MR) is 56.7 cm³/mol. The molecule has 0 saturated carbocycles. The molecule has 0 bridgehead atoms. The van der Waals surface area contributed by atoms with Crippen LogP contribution in [0.15, 0.2) is 18.3 Å². The van der Waals surface area contributed by atoms with Gasteiger partial charge < -0.3 is 10.0 Å². The number of aliphatic hydroxyl groups is 1. The first kappa shape index (κ1) is 12.2. The van der Waals surface area contributed by atoms with Crippen molar-refractivity contribution in [2.75, 3.05) is 18.0 Å². The number of nitrogens with zero attached hydrogens (tertiary/aromatic N) is 2. The first-order valence-corrected chi connectivity index (χ1v) is 5.43. The maximum absolute atomic E-state index is 12.3. The second-order valence-electron chi connectivity index (χ2n) is 4.12. The molecule has 1 aliphatic heterocycles. The van der Waals surface area contributed by atoms with Crippen LogP contribution in [0.4, 0.5) is 19.0 Å². The average Bonchev–Trinajstić information content (AvgIpc) is 2.29. The smallest absolute Gasteiger partial charge is 0.393 e. The highest BCUT2D eigenvalue weighted by Gasteiger charge is 2.31. The zero-order chi connectivity index (χ0) is 12.5. The number of aromatic nitrogens is 1. The Kier molecular flexibility index (Phi) is 3.24. The molecule has 0 aliphatic carbocycles. The zero-order valence-electron chi connectivity index (χ0n) is 9.11. The van der Waals surface area contributed by atoms with Crippen molar-refractivity contribution in [3.63, 3.8) is 0 Å². The number of halogens is 3. The van der Waals surface area contributed by atoms with E-state index in [-0.39, 0.29) is 6.10 Å². The third-order valence-corrected chi connectivity index (χ3v) is 2.86. The summed E-state index contributed by atoms with van der Waals surface area (Å²) in [5.74, 6) is 0.532. The third kappa shape index (κ3) is 2.88. The molecule has 1 aliphatic rings. The molecule has 0 amide bonds. The largest absolute Gasteiger partial charge is 0.417 e. The Balaban J connectivity index is 2.08. The molecule has 1 fully saturated rings. The van der Waals surface area contributed by atoms with Crippen LogP contribution in [0.3, 0.4) is 0 Å². The second kappa shape index (κ2) is 4.52. The van der Waals surface area contributed by atoms with Gasteiger partial charge in [-0.15, -0.1) is 0 Å². The Labute approximate surface area is 96.9 Å². The maximum atomic E-state index is 12.3. The Morgan fingerprint density at radius 3 is 2.35 bits per heavy atom. The van der Waals surface area contributed by atoms with Crippen LogP contribution in [0.1, 0.15) is 18.4 Å². The van der Waals surface area contributed by atoms with E-state index >= 15 is 0 Å². The van der Waals surface area contributed by atoms with Crippen LogP contribution >= 0.6 is 0 Å². The van der Waals surface area contributed by atoms with Gasteiger partial charge in [-0.2, -0.15) is 13.2 Å². The SMILES string of the molecule is OC1CCN(c2ccc(C(F)(F)F)cn2)CC1. The summed E-state index contributed by atoms with van der Waals surface area (Å²) in [6.45, 7) is 1.25. The lowest BCUT2D eigenvalue weighted by molar-refractivity contribution is -0.137. The van der Waals surface area contributed by atoms with Crippen LogP contribution in [-0.2, 0) is 6.18 Å². The van der Waals surface area contributed by atoms with E-state index in [1.807, 2.05) is 4.90 Å². The number of piperidine rings is 1. The van der Waals surface area contributed by atoms with Crippen LogP contribution in [0.25, 0.3) is 0 Å². The number of alkyl halides is 3. The molecule has 0 radical (unpaired) electrons. The van der Waals surface area contributed by atoms with Crippen molar-refractivity contribution in [2.45, 2.75) is 25.1 Å². The van der Waals surface area contributed by atoms with Gasteiger partial charge in [-0.3, -0.25) is 0 Å². The van der Waals surface area contributed by atoms with Gasteiger partial charge in [-0.1, -0.05) is 0 Å². The van der Waals surface area contributed by atoms with Crippen molar-refractivity contribution in [1.82, 2.24) is 4.98 Å². The topological polar surface area (TPSA) is 36.4 Å². The molecular formula is C11H13F3N2O. The number of hydrogen-bond acceptors (Lipinski definition) is 3. The Bertz CT molecular complexity index is 369. The maximum Gasteiger partial charge on any atom is 0.417 e. The van der Waals surface area contributed by atoms with E-state index in [2.05, 4.69) is 4.98 Å². The Morgan fingerprint density at radius 1 is 1.24 bits per heavy atom. The van der Waals surface area contributed by atoms with Crippen molar-refractivity contribution in [3.05, 3.63) is 23.9 Å². The van der Waals surface area contributed by atoms with Crippen LogP contribution in [0, 0.1) is 0 Å². The standard InChI is InChI=1S/C11H13F3N2O/c12-11(13,14)8-1-2-10(15-7-8)16-5-3-9(17)4-6-16/h1-2,7,9,17H,3-6H2. The monoisotopic (exact) mass is 246 g/mol. The first-order chi connectivity index (χ1) is 7.97. The van der Waals surface area contributed by atoms with E-state index in [0.29, 0.717) is 31.7 Å². The minimum atomic E-state index is -4.34. The summed E-state index contributed by atoms with van der Waals surface area (Å²) in [4.78, 5) is 5.70. The van der Waals surface area contributed by atoms with E-state index in [1.165, 1.54) is 6.07 Å². The van der Waals surface area contributed by atoms with Gasteiger partial charge in [0.05, 0.1) is 11.7 Å². The molecule has 0 atom stereocenters. The van der Waals surface area contributed by atoms with E-state index in [1.54, 1.807) is 0 Å². The highest BCUT2D eigenvalue weighted by atomic mass is 19.4. The van der Waals surface area contributed by atoms with Crippen molar-refractivity contribution in [2.24, 2.45) is 0 Å². The molecule has 1 N–H and O–H groups in total. The number of aliphatic hydroxyl groups excluding tert-OH is 1. The minimum Gasteiger partial charge on any atom is -0.393 e. The van der Waals surface area contributed by atoms with Gasteiger partial charge in [0, 0.05) is 19.3 Å². The van der Waals surface area contributed by atoms with Gasteiger partial charge in [0.25, 0.3) is 0 Å². The summed E-state index contributed by atoms with van der Waals surface area (Å²) < 4.78 is 37.0. The average molecular weight is 246 g/mol. The molecule has 0 unspecified atom stereocenters. The molecule has 94 valence electrons. The minimum absolute atomic E-state index is 0.305. The van der Waals surface area contributed by atoms with Crippen molar-refractivity contribution >= 4 is 5.82 Å². The summed E-state index contributed by atoms with van der Waals surface area (Å²) in [7, 11) is 0. The molecule has 6 heteroatoms. The van der Waals surface area contributed by atoms with Gasteiger partial charge >= 0.3 is 6.18 Å². The molecule has 2 heterocycles. The lowest BCUT2D eigenvalue weighted by Crippen LogP contribution is -2.36. The fraction of sp³-hybridized carbons (Fsp3) is 0.545. The summed E-state index contributed by atoms with van der Waals surface area (Å²) in [6, 6.07) is 2.41. The van der Waals surface area contributed by atoms with Crippen LogP contribution in [0.5, 0.6) is 0 Å². The molecule has 1 aromatic heterocycles. The number of pyridine rings is 1. The van der Waals surface area contributed by atoms with E-state index in [9.17, 15) is 18.3 Å². The number of anilines is 1. The van der Waals surface area contributed by atoms with E-state index < -0.39 is 11.7 Å². The van der Waals surface area contributed by atoms with Gasteiger partial charge in [0.15, 0.2) is 0 Å². The highest BCUT2D eigenvalue weighted by Crippen LogP contribution is 2.29. The summed E-state index contributed by atoms with van der Waals surface area (Å²) in [6.07, 6.45) is -2.55. The highest BCUT2D eigenvalue weighted by molar-refractivity contribution is 5.40. The molecular weight excluding hydrogens is 233 g/mol. The van der Waals surface area contributed by atoms with Crippen LogP contribution in [0.2, 0.25) is 0 Å². The predicted octanol–water partition coefficient (Wildman–Crippen LogP) is 2.06. The van der Waals surface area contributed by atoms with Crippen molar-refractivity contribution in [3.8, 4) is 0 Å². The van der Waals surface area contributed by atoms with Gasteiger partial charge in [0.1, 0.15) is 5.82 Å². The summed E-state index contributed by atoms with van der Waals surface area (Å²) in [5, 5.41) is 9.33. The lowest BCUT2D eigenvalue weighted by Gasteiger charge is -2.30. The lowest BCUT2D eigenvalue weighted by atomic mass is 10.1. The summed E-state index contributed by atoms with van der Waals surface area (Å²) in [5.41, 5.74) is -0.738. The Morgan fingerprint density at radius 2 is 1.88 bits per heavy atom. The fourth-order valence-electron chi connectivity index (χ4n) is 1.84. The summed E-state index contributed by atoms with van der Waals surface area (Å²) >= 11 is 0. The van der Waals surface area contributed by atoms with Crippen molar-refractivity contribution < 1.29 is 18.3 Å². The number of rotatable bonds is 1. The van der Waals surface area contributed by atoms with Gasteiger partial charge in [-0.25, -0.2) is 4.98 Å². The second-order valence-corrected chi connectivity index (χ2v) is 4.12. The van der Waals surface area contributed by atoms with Gasteiger partial charge in [0.2, 0.25) is 0 Å². The fourth-order valence-corrected chi connectivity index (χ4v) is 1.84. The normalized spacial score (nSPS) is 18.5. The third-order valence-electron chi connectivity index (χ3n) is 2.86. The van der Waals surface area contributed by atoms with Crippen LogP contribution < -0.4 is 4.90 Å². The molecule has 1 saturated heterocycles.